The largest absolute Gasteiger partial charge is 0.309 e. The average molecular weight is 1210 g/mol. The molecule has 95 heavy (non-hydrogen) atoms. The van der Waals surface area contributed by atoms with Gasteiger partial charge in [-0.3, -0.25) is 0 Å². The fraction of sp³-hybridized carbons (Fsp3) is 0. The molecule has 0 saturated carbocycles. The molecule has 5 heterocycles. The van der Waals surface area contributed by atoms with Gasteiger partial charge in [0.1, 0.15) is 0 Å². The third kappa shape index (κ3) is 8.64. The summed E-state index contributed by atoms with van der Waals surface area (Å²) >= 11 is 0. The Morgan fingerprint density at radius 3 is 0.674 bits per heavy atom. The van der Waals surface area contributed by atoms with Crippen molar-refractivity contribution < 1.29 is 0 Å². The average Bonchev–Trinajstić information content (AvgIpc) is 1.56. The minimum absolute atomic E-state index is 1.15. The molecule has 5 nitrogen and oxygen atoms in total. The standard InChI is InChI=1S/C48H31N3.C42H28N2/c1-3-13-34(14-4-1)49-41-20-10-7-17-37(41)40-31-33(25-28-44(40)49)32-23-26-36(27-24-32)51-43-22-12-9-19-39(43)48-46(51)30-29-45-47(48)38-18-8-11-21-42(38)50(45)35-15-5-2-6-16-35;1-3-11-29(12-4-1)31-19-23-33(24-20-31)43-37-17-9-7-15-35(37)41-39(43)27-28-40-42(41)36-16-8-10-18-38(36)44(40)34-25-21-32(22-26-34)30-13-5-2-6-14-30/h1-31H;1-28H. The van der Waals surface area contributed by atoms with Crippen LogP contribution in [0.1, 0.15) is 0 Å². The molecule has 0 unspecified atom stereocenters. The van der Waals surface area contributed by atoms with Crippen molar-refractivity contribution in [2.45, 2.75) is 0 Å². The van der Waals surface area contributed by atoms with E-state index in [9.17, 15) is 0 Å². The van der Waals surface area contributed by atoms with Crippen LogP contribution in [0.25, 0.3) is 171 Å². The van der Waals surface area contributed by atoms with E-state index < -0.39 is 0 Å². The van der Waals surface area contributed by atoms with E-state index in [1.807, 2.05) is 0 Å². The number of aromatic nitrogens is 5. The summed E-state index contributed by atoms with van der Waals surface area (Å²) in [6.45, 7) is 0. The van der Waals surface area contributed by atoms with Crippen LogP contribution >= 0.6 is 0 Å². The van der Waals surface area contributed by atoms with Crippen LogP contribution in [0.5, 0.6) is 0 Å². The Bertz CT molecular complexity index is 6150. The first-order valence-electron chi connectivity index (χ1n) is 32.7. The Balaban J connectivity index is 0.000000136. The van der Waals surface area contributed by atoms with Gasteiger partial charge in [-0.1, -0.05) is 231 Å². The van der Waals surface area contributed by atoms with Crippen molar-refractivity contribution in [2.24, 2.45) is 0 Å². The first kappa shape index (κ1) is 54.1. The normalized spacial score (nSPS) is 11.8. The van der Waals surface area contributed by atoms with E-state index in [4.69, 9.17) is 0 Å². The van der Waals surface area contributed by atoms with Gasteiger partial charge in [0.15, 0.2) is 0 Å². The maximum Gasteiger partial charge on any atom is 0.0548 e. The van der Waals surface area contributed by atoms with Crippen LogP contribution in [0.15, 0.2) is 358 Å². The molecule has 15 aromatic carbocycles. The Morgan fingerprint density at radius 1 is 0.126 bits per heavy atom. The van der Waals surface area contributed by atoms with Crippen molar-refractivity contribution in [2.75, 3.05) is 0 Å². The van der Waals surface area contributed by atoms with Gasteiger partial charge >= 0.3 is 0 Å². The Kier molecular flexibility index (Phi) is 12.5. The molecule has 20 rings (SSSR count). The summed E-state index contributed by atoms with van der Waals surface area (Å²) in [7, 11) is 0. The summed E-state index contributed by atoms with van der Waals surface area (Å²) in [5, 5.41) is 12.8. The topological polar surface area (TPSA) is 24.6 Å². The minimum atomic E-state index is 1.15. The van der Waals surface area contributed by atoms with Crippen molar-refractivity contribution in [1.29, 1.82) is 0 Å². The molecule has 5 aromatic heterocycles. The monoisotopic (exact) mass is 1210 g/mol. The fourth-order valence-electron chi connectivity index (χ4n) is 15.4. The van der Waals surface area contributed by atoms with E-state index >= 15 is 0 Å². The zero-order valence-corrected chi connectivity index (χ0v) is 51.8. The lowest BCUT2D eigenvalue weighted by molar-refractivity contribution is 1.17. The first-order valence-corrected chi connectivity index (χ1v) is 32.7. The number of hydrogen-bond donors (Lipinski definition) is 0. The molecular formula is C90H59N5. The quantitative estimate of drug-likeness (QED) is 0.145. The lowest BCUT2D eigenvalue weighted by Gasteiger charge is -2.11. The Labute approximate surface area is 548 Å². The van der Waals surface area contributed by atoms with Gasteiger partial charge in [-0.05, 0) is 161 Å². The van der Waals surface area contributed by atoms with Gasteiger partial charge in [-0.25, -0.2) is 0 Å². The van der Waals surface area contributed by atoms with Gasteiger partial charge in [-0.2, -0.15) is 0 Å². The molecule has 20 aromatic rings. The minimum Gasteiger partial charge on any atom is -0.309 e. The number of benzene rings is 15. The van der Waals surface area contributed by atoms with E-state index in [1.54, 1.807) is 0 Å². The molecule has 0 aliphatic heterocycles. The van der Waals surface area contributed by atoms with E-state index in [1.165, 1.54) is 154 Å². The van der Waals surface area contributed by atoms with Crippen LogP contribution in [0.4, 0.5) is 0 Å². The summed E-state index contributed by atoms with van der Waals surface area (Å²) in [5.41, 5.74) is 25.3. The van der Waals surface area contributed by atoms with Crippen LogP contribution in [0.2, 0.25) is 0 Å². The maximum atomic E-state index is 2.43. The van der Waals surface area contributed by atoms with E-state index in [-0.39, 0.29) is 0 Å². The molecule has 0 spiro atoms. The van der Waals surface area contributed by atoms with Crippen molar-refractivity contribution in [1.82, 2.24) is 22.8 Å². The molecule has 0 saturated heterocycles. The highest BCUT2D eigenvalue weighted by molar-refractivity contribution is 6.30. The molecule has 0 bridgehead atoms. The molecular weight excluding hydrogens is 1150 g/mol. The number of rotatable bonds is 8. The summed E-state index contributed by atoms with van der Waals surface area (Å²) < 4.78 is 12.0. The number of fused-ring (bicyclic) bond motifs is 17. The third-order valence-corrected chi connectivity index (χ3v) is 19.6. The second kappa shape index (κ2) is 22.0. The predicted molar refractivity (Wildman–Crippen MR) is 401 cm³/mol. The highest BCUT2D eigenvalue weighted by atomic mass is 15.0. The zero-order valence-electron chi connectivity index (χ0n) is 51.8. The molecule has 0 aliphatic carbocycles. The number of para-hydroxylation sites is 7. The summed E-state index contributed by atoms with van der Waals surface area (Å²) in [5.74, 6) is 0. The predicted octanol–water partition coefficient (Wildman–Crippen LogP) is 23.9. The Morgan fingerprint density at radius 2 is 0.337 bits per heavy atom. The number of hydrogen-bond acceptors (Lipinski definition) is 0. The maximum absolute atomic E-state index is 2.43. The van der Waals surface area contributed by atoms with Crippen LogP contribution in [0.3, 0.4) is 0 Å². The van der Waals surface area contributed by atoms with Crippen LogP contribution < -0.4 is 0 Å². The fourth-order valence-corrected chi connectivity index (χ4v) is 15.4. The van der Waals surface area contributed by atoms with E-state index in [0.29, 0.717) is 0 Å². The molecule has 0 amide bonds. The van der Waals surface area contributed by atoms with Crippen LogP contribution in [0, 0.1) is 0 Å². The molecule has 0 N–H and O–H groups in total. The molecule has 0 radical (unpaired) electrons. The third-order valence-electron chi connectivity index (χ3n) is 19.6. The number of nitrogens with zero attached hydrogens (tertiary/aromatic N) is 5. The van der Waals surface area contributed by atoms with Gasteiger partial charge in [0.25, 0.3) is 0 Å². The van der Waals surface area contributed by atoms with Crippen molar-refractivity contribution in [3.8, 4) is 61.8 Å². The molecule has 444 valence electrons. The van der Waals surface area contributed by atoms with Crippen LogP contribution in [-0.4, -0.2) is 22.8 Å². The zero-order chi connectivity index (χ0) is 62.5. The van der Waals surface area contributed by atoms with Crippen molar-refractivity contribution in [3.63, 3.8) is 0 Å². The summed E-state index contributed by atoms with van der Waals surface area (Å²) in [6.07, 6.45) is 0. The Hall–Kier alpha value is -12.7. The summed E-state index contributed by atoms with van der Waals surface area (Å²) in [6, 6.07) is 130. The van der Waals surface area contributed by atoms with Gasteiger partial charge in [0.05, 0.1) is 55.2 Å². The summed E-state index contributed by atoms with van der Waals surface area (Å²) in [4.78, 5) is 0. The smallest absolute Gasteiger partial charge is 0.0548 e. The van der Waals surface area contributed by atoms with Crippen molar-refractivity contribution >= 4 is 109 Å². The molecule has 0 fully saturated rings. The first-order chi connectivity index (χ1) is 47.2. The molecule has 0 atom stereocenters. The highest BCUT2D eigenvalue weighted by Gasteiger charge is 2.23. The van der Waals surface area contributed by atoms with Crippen LogP contribution in [-0.2, 0) is 0 Å². The molecule has 0 aliphatic rings. The lowest BCUT2D eigenvalue weighted by Crippen LogP contribution is -1.95. The molecule has 5 heteroatoms. The van der Waals surface area contributed by atoms with Gasteiger partial charge < -0.3 is 22.8 Å². The second-order valence-corrected chi connectivity index (χ2v) is 24.7. The SMILES string of the molecule is c1ccc(-c2ccc(-n3c4ccccc4c4c5c6ccccc6n(-c6ccc(-c7ccccc7)cc6)c5ccc43)cc2)cc1.c1ccc(-n2c3ccccc3c3cc(-c4ccc(-n5c6ccccc6c6c7c8ccccc8n(-c8ccccc8)c7ccc65)cc4)ccc32)cc1. The van der Waals surface area contributed by atoms with E-state index in [0.717, 1.165) is 17.1 Å². The second-order valence-electron chi connectivity index (χ2n) is 24.7. The highest BCUT2D eigenvalue weighted by Crippen LogP contribution is 2.45. The van der Waals surface area contributed by atoms with Gasteiger partial charge in [0, 0.05) is 82.3 Å². The lowest BCUT2D eigenvalue weighted by atomic mass is 10.0. The van der Waals surface area contributed by atoms with Gasteiger partial charge in [-0.15, -0.1) is 0 Å². The van der Waals surface area contributed by atoms with E-state index in [2.05, 4.69) is 381 Å². The van der Waals surface area contributed by atoms with Gasteiger partial charge in [0.2, 0.25) is 0 Å². The van der Waals surface area contributed by atoms with Crippen molar-refractivity contribution in [3.05, 3.63) is 358 Å².